The summed E-state index contributed by atoms with van der Waals surface area (Å²) in [5, 5.41) is 5.93. The molecule has 2 rings (SSSR count). The second-order valence-corrected chi connectivity index (χ2v) is 5.01. The Labute approximate surface area is 134 Å². The molecule has 0 saturated carbocycles. The molecule has 122 valence electrons. The van der Waals surface area contributed by atoms with Gasteiger partial charge in [0.1, 0.15) is 11.6 Å². The topological polar surface area (TPSA) is 63.2 Å². The van der Waals surface area contributed by atoms with Gasteiger partial charge in [-0.1, -0.05) is 12.1 Å². The van der Waals surface area contributed by atoms with E-state index in [-0.39, 0.29) is 11.7 Å². The van der Waals surface area contributed by atoms with Gasteiger partial charge in [-0.25, -0.2) is 9.37 Å². The Morgan fingerprint density at radius 1 is 1.22 bits per heavy atom. The third-order valence-corrected chi connectivity index (χ3v) is 3.22. The lowest BCUT2D eigenvalue weighted by Crippen LogP contribution is -2.23. The normalized spacial score (nSPS) is 10.3. The van der Waals surface area contributed by atoms with Crippen molar-refractivity contribution in [2.75, 3.05) is 25.6 Å². The summed E-state index contributed by atoms with van der Waals surface area (Å²) in [5.41, 5.74) is 1.32. The smallest absolute Gasteiger partial charge is 0.253 e. The van der Waals surface area contributed by atoms with Crippen LogP contribution in [-0.4, -0.2) is 31.2 Å². The van der Waals surface area contributed by atoms with E-state index in [1.165, 1.54) is 18.3 Å². The zero-order valence-corrected chi connectivity index (χ0v) is 13.0. The fourth-order valence-corrected chi connectivity index (χ4v) is 1.95. The summed E-state index contributed by atoms with van der Waals surface area (Å²) in [5.74, 6) is 0.210. The molecule has 1 aromatic carbocycles. The molecule has 6 heteroatoms. The van der Waals surface area contributed by atoms with Gasteiger partial charge in [0, 0.05) is 33.0 Å². The number of pyridine rings is 1. The highest BCUT2D eigenvalue weighted by molar-refractivity contribution is 5.93. The zero-order chi connectivity index (χ0) is 16.5. The van der Waals surface area contributed by atoms with E-state index in [2.05, 4.69) is 15.6 Å². The Morgan fingerprint density at radius 2 is 2.00 bits per heavy atom. The van der Waals surface area contributed by atoms with Crippen molar-refractivity contribution in [3.05, 3.63) is 59.5 Å². The highest BCUT2D eigenvalue weighted by Crippen LogP contribution is 2.06. The molecule has 23 heavy (non-hydrogen) atoms. The first-order valence-electron chi connectivity index (χ1n) is 7.40. The van der Waals surface area contributed by atoms with Crippen molar-refractivity contribution >= 4 is 11.7 Å². The maximum atomic E-state index is 12.8. The second-order valence-electron chi connectivity index (χ2n) is 5.01. The number of rotatable bonds is 8. The molecular weight excluding hydrogens is 297 g/mol. The number of nitrogens with zero attached hydrogens (tertiary/aromatic N) is 1. The van der Waals surface area contributed by atoms with E-state index < -0.39 is 0 Å². The number of aromatic nitrogens is 1. The van der Waals surface area contributed by atoms with Crippen molar-refractivity contribution in [1.29, 1.82) is 0 Å². The van der Waals surface area contributed by atoms with Crippen molar-refractivity contribution in [2.24, 2.45) is 0 Å². The summed E-state index contributed by atoms with van der Waals surface area (Å²) in [6.45, 7) is 1.80. The van der Waals surface area contributed by atoms with Gasteiger partial charge in [0.2, 0.25) is 0 Å². The quantitative estimate of drug-likeness (QED) is 0.735. The Bertz CT molecular complexity index is 615. The average Bonchev–Trinajstić information content (AvgIpc) is 2.58. The number of methoxy groups -OCH3 is 1. The maximum Gasteiger partial charge on any atom is 0.253 e. The molecule has 0 radical (unpaired) electrons. The van der Waals surface area contributed by atoms with E-state index in [9.17, 15) is 9.18 Å². The molecule has 2 N–H and O–H groups in total. The standard InChI is InChI=1S/C17H20FN3O2/c1-23-10-2-9-19-16-8-5-14(12-20-16)17(22)21-11-13-3-6-15(18)7-4-13/h3-8,12H,2,9-11H2,1H3,(H,19,20)(H,21,22). The molecule has 5 nitrogen and oxygen atoms in total. The van der Waals surface area contributed by atoms with Crippen LogP contribution in [0, 0.1) is 5.82 Å². The number of carbonyl (C=O) groups is 1. The molecule has 0 saturated heterocycles. The van der Waals surface area contributed by atoms with E-state index in [1.54, 1.807) is 31.4 Å². The fraction of sp³-hybridized carbons (Fsp3) is 0.294. The molecule has 0 unspecified atom stereocenters. The molecule has 0 aliphatic heterocycles. The molecule has 1 amide bonds. The van der Waals surface area contributed by atoms with Crippen LogP contribution < -0.4 is 10.6 Å². The molecule has 0 fully saturated rings. The summed E-state index contributed by atoms with van der Waals surface area (Å²) in [4.78, 5) is 16.2. The van der Waals surface area contributed by atoms with Gasteiger partial charge in [0.25, 0.3) is 5.91 Å². The van der Waals surface area contributed by atoms with Gasteiger partial charge < -0.3 is 15.4 Å². The molecule has 2 aromatic rings. The second kappa shape index (κ2) is 8.85. The molecule has 0 spiro atoms. The number of hydrogen-bond donors (Lipinski definition) is 2. The van der Waals surface area contributed by atoms with Gasteiger partial charge in [-0.15, -0.1) is 0 Å². The first-order valence-corrected chi connectivity index (χ1v) is 7.40. The van der Waals surface area contributed by atoms with E-state index in [0.29, 0.717) is 18.7 Å². The molecular formula is C17H20FN3O2. The van der Waals surface area contributed by atoms with Crippen molar-refractivity contribution in [3.63, 3.8) is 0 Å². The summed E-state index contributed by atoms with van der Waals surface area (Å²) < 4.78 is 17.8. The summed E-state index contributed by atoms with van der Waals surface area (Å²) in [6, 6.07) is 9.49. The van der Waals surface area contributed by atoms with E-state index in [0.717, 1.165) is 24.3 Å². The zero-order valence-electron chi connectivity index (χ0n) is 13.0. The van der Waals surface area contributed by atoms with Gasteiger partial charge in [-0.2, -0.15) is 0 Å². The van der Waals surface area contributed by atoms with Gasteiger partial charge in [0.15, 0.2) is 0 Å². The van der Waals surface area contributed by atoms with Crippen molar-refractivity contribution in [1.82, 2.24) is 10.3 Å². The van der Waals surface area contributed by atoms with E-state index in [4.69, 9.17) is 4.74 Å². The summed E-state index contributed by atoms with van der Waals surface area (Å²) in [6.07, 6.45) is 2.41. The Hall–Kier alpha value is -2.47. The van der Waals surface area contributed by atoms with Crippen molar-refractivity contribution in [3.8, 4) is 0 Å². The number of amides is 1. The van der Waals surface area contributed by atoms with E-state index >= 15 is 0 Å². The molecule has 0 atom stereocenters. The van der Waals surface area contributed by atoms with Crippen LogP contribution in [0.1, 0.15) is 22.3 Å². The number of anilines is 1. The highest BCUT2D eigenvalue weighted by Gasteiger charge is 2.06. The number of hydrogen-bond acceptors (Lipinski definition) is 4. The monoisotopic (exact) mass is 317 g/mol. The summed E-state index contributed by atoms with van der Waals surface area (Å²) in [7, 11) is 1.66. The molecule has 0 bridgehead atoms. The Morgan fingerprint density at radius 3 is 2.65 bits per heavy atom. The fourth-order valence-electron chi connectivity index (χ4n) is 1.95. The first kappa shape index (κ1) is 16.9. The predicted molar refractivity (Wildman–Crippen MR) is 86.8 cm³/mol. The van der Waals surface area contributed by atoms with Crippen molar-refractivity contribution in [2.45, 2.75) is 13.0 Å². The maximum absolute atomic E-state index is 12.8. The Balaban J connectivity index is 1.81. The average molecular weight is 317 g/mol. The molecule has 0 aliphatic carbocycles. The van der Waals surface area contributed by atoms with Gasteiger partial charge >= 0.3 is 0 Å². The van der Waals surface area contributed by atoms with Crippen LogP contribution >= 0.6 is 0 Å². The minimum Gasteiger partial charge on any atom is -0.385 e. The van der Waals surface area contributed by atoms with Gasteiger partial charge in [0.05, 0.1) is 5.56 Å². The van der Waals surface area contributed by atoms with Crippen LogP contribution in [-0.2, 0) is 11.3 Å². The molecule has 1 aromatic heterocycles. The van der Waals surface area contributed by atoms with Gasteiger partial charge in [-0.3, -0.25) is 4.79 Å². The van der Waals surface area contributed by atoms with Crippen LogP contribution in [0.3, 0.4) is 0 Å². The lowest BCUT2D eigenvalue weighted by atomic mass is 10.2. The van der Waals surface area contributed by atoms with Crippen LogP contribution in [0.4, 0.5) is 10.2 Å². The van der Waals surface area contributed by atoms with Crippen molar-refractivity contribution < 1.29 is 13.9 Å². The largest absolute Gasteiger partial charge is 0.385 e. The lowest BCUT2D eigenvalue weighted by molar-refractivity contribution is 0.0950. The molecule has 1 heterocycles. The summed E-state index contributed by atoms with van der Waals surface area (Å²) >= 11 is 0. The minimum absolute atomic E-state index is 0.215. The minimum atomic E-state index is -0.294. The number of carbonyl (C=O) groups excluding carboxylic acids is 1. The third kappa shape index (κ3) is 5.67. The highest BCUT2D eigenvalue weighted by atomic mass is 19.1. The number of nitrogens with one attached hydrogen (secondary N) is 2. The Kier molecular flexibility index (Phi) is 6.50. The SMILES string of the molecule is COCCCNc1ccc(C(=O)NCc2ccc(F)cc2)cn1. The van der Waals surface area contributed by atoms with Crippen LogP contribution in [0.25, 0.3) is 0 Å². The van der Waals surface area contributed by atoms with Crippen LogP contribution in [0.15, 0.2) is 42.6 Å². The number of halogens is 1. The molecule has 0 aliphatic rings. The van der Waals surface area contributed by atoms with Crippen LogP contribution in [0.2, 0.25) is 0 Å². The number of ether oxygens (including phenoxy) is 1. The van der Waals surface area contributed by atoms with E-state index in [1.807, 2.05) is 0 Å². The van der Waals surface area contributed by atoms with Crippen LogP contribution in [0.5, 0.6) is 0 Å². The third-order valence-electron chi connectivity index (χ3n) is 3.22. The number of benzene rings is 1. The predicted octanol–water partition coefficient (Wildman–Crippen LogP) is 2.60. The first-order chi connectivity index (χ1) is 11.2. The van der Waals surface area contributed by atoms with Gasteiger partial charge in [-0.05, 0) is 36.2 Å². The lowest BCUT2D eigenvalue weighted by Gasteiger charge is -2.07.